The Morgan fingerprint density at radius 3 is 2.51 bits per heavy atom. The minimum absolute atomic E-state index is 0.00559. The highest BCUT2D eigenvalue weighted by Crippen LogP contribution is 2.51. The Morgan fingerprint density at radius 2 is 1.92 bits per heavy atom. The third-order valence-electron chi connectivity index (χ3n) is 6.19. The Labute approximate surface area is 213 Å². The van der Waals surface area contributed by atoms with Crippen molar-refractivity contribution >= 4 is 29.2 Å². The number of aliphatic hydroxyl groups is 1. The zero-order valence-corrected chi connectivity index (χ0v) is 20.2. The summed E-state index contributed by atoms with van der Waals surface area (Å²) < 4.78 is 54.1. The Hall–Kier alpha value is -3.83. The van der Waals surface area contributed by atoms with E-state index in [1.54, 1.807) is 0 Å². The number of aromatic carboxylic acids is 1. The monoisotopic (exact) mass is 536 g/mol. The van der Waals surface area contributed by atoms with Gasteiger partial charge >= 0.3 is 12.1 Å². The molecule has 0 saturated heterocycles. The zero-order valence-electron chi connectivity index (χ0n) is 19.4. The highest BCUT2D eigenvalue weighted by molar-refractivity contribution is 6.31. The topological polar surface area (TPSA) is 109 Å². The molecule has 1 amide bonds. The second-order valence-electron chi connectivity index (χ2n) is 8.39. The number of carboxylic acid groups (broad SMARTS) is 1. The standard InChI is InChI=1S/C25H20ClF3N2O6/c1-13(17-6-5-16(10-18(17)26)37-21-8-3-14(11-30-21)23(33)34)24(35,25(27,28)29)15-4-7-19-20(9-15)36-12-22(32)31(19)2/h3-11,13,35H,12H2,1-2H3,(H,33,34). The van der Waals surface area contributed by atoms with Crippen LogP contribution in [0.2, 0.25) is 5.02 Å². The number of hydrogen-bond donors (Lipinski definition) is 2. The van der Waals surface area contributed by atoms with Crippen molar-refractivity contribution in [3.63, 3.8) is 0 Å². The van der Waals surface area contributed by atoms with Gasteiger partial charge in [0.05, 0.1) is 11.3 Å². The van der Waals surface area contributed by atoms with Crippen LogP contribution in [0.1, 0.15) is 34.3 Å². The SMILES string of the molecule is CC(c1ccc(Oc2ccc(C(=O)O)cn2)cc1Cl)C(O)(c1ccc2c(c1)OCC(=O)N2C)C(F)(F)F. The minimum Gasteiger partial charge on any atom is -0.482 e. The van der Waals surface area contributed by atoms with Gasteiger partial charge in [-0.3, -0.25) is 4.79 Å². The van der Waals surface area contributed by atoms with Crippen LogP contribution in [-0.4, -0.2) is 46.9 Å². The molecule has 1 aromatic heterocycles. The molecule has 2 aromatic carbocycles. The molecule has 1 aliphatic rings. The molecule has 0 aliphatic carbocycles. The van der Waals surface area contributed by atoms with Gasteiger partial charge in [0.25, 0.3) is 5.91 Å². The van der Waals surface area contributed by atoms with Gasteiger partial charge in [0.2, 0.25) is 5.88 Å². The molecule has 37 heavy (non-hydrogen) atoms. The molecule has 2 atom stereocenters. The van der Waals surface area contributed by atoms with Gasteiger partial charge in [0.15, 0.2) is 12.2 Å². The van der Waals surface area contributed by atoms with Gasteiger partial charge in [0, 0.05) is 30.3 Å². The molecule has 8 nitrogen and oxygen atoms in total. The smallest absolute Gasteiger partial charge is 0.422 e. The minimum atomic E-state index is -5.11. The number of likely N-dealkylation sites (N-methyl/N-ethyl adjacent to an activating group) is 1. The van der Waals surface area contributed by atoms with Crippen molar-refractivity contribution in [3.8, 4) is 17.4 Å². The number of aromatic nitrogens is 1. The lowest BCUT2D eigenvalue weighted by Crippen LogP contribution is -2.46. The molecular formula is C25H20ClF3N2O6. The first-order valence-corrected chi connectivity index (χ1v) is 11.2. The van der Waals surface area contributed by atoms with Crippen LogP contribution >= 0.6 is 11.6 Å². The molecule has 0 bridgehead atoms. The van der Waals surface area contributed by atoms with E-state index in [4.69, 9.17) is 26.2 Å². The molecule has 0 radical (unpaired) electrons. The van der Waals surface area contributed by atoms with Gasteiger partial charge < -0.3 is 24.6 Å². The van der Waals surface area contributed by atoms with Crippen molar-refractivity contribution < 1.29 is 42.4 Å². The highest BCUT2D eigenvalue weighted by Gasteiger charge is 2.59. The summed E-state index contributed by atoms with van der Waals surface area (Å²) in [7, 11) is 1.47. The lowest BCUT2D eigenvalue weighted by Gasteiger charge is -2.38. The summed E-state index contributed by atoms with van der Waals surface area (Å²) in [6, 6.07) is 9.98. The molecule has 4 rings (SSSR count). The number of carbonyl (C=O) groups is 2. The molecule has 2 N–H and O–H groups in total. The Kier molecular flexibility index (Phi) is 6.78. The van der Waals surface area contributed by atoms with Gasteiger partial charge in [-0.1, -0.05) is 30.7 Å². The molecule has 0 saturated carbocycles. The van der Waals surface area contributed by atoms with E-state index in [0.717, 1.165) is 18.3 Å². The molecule has 3 aromatic rings. The number of carboxylic acids is 1. The van der Waals surface area contributed by atoms with E-state index in [1.807, 2.05) is 0 Å². The first-order chi connectivity index (χ1) is 17.3. The van der Waals surface area contributed by atoms with Crippen LogP contribution in [0.15, 0.2) is 54.7 Å². The Morgan fingerprint density at radius 1 is 1.19 bits per heavy atom. The maximum atomic E-state index is 14.4. The fourth-order valence-corrected chi connectivity index (χ4v) is 4.34. The van der Waals surface area contributed by atoms with Crippen LogP contribution in [-0.2, 0) is 10.4 Å². The predicted molar refractivity (Wildman–Crippen MR) is 126 cm³/mol. The lowest BCUT2D eigenvalue weighted by molar-refractivity contribution is -0.274. The second-order valence-corrected chi connectivity index (χ2v) is 8.79. The Balaban J connectivity index is 1.66. The number of amides is 1. The van der Waals surface area contributed by atoms with Crippen LogP contribution in [0.4, 0.5) is 18.9 Å². The molecule has 0 spiro atoms. The number of benzene rings is 2. The quantitative estimate of drug-likeness (QED) is 0.449. The van der Waals surface area contributed by atoms with Crippen LogP contribution in [0.25, 0.3) is 0 Å². The molecule has 0 fully saturated rings. The third kappa shape index (κ3) is 4.79. The van der Waals surface area contributed by atoms with E-state index in [9.17, 15) is 27.9 Å². The number of ether oxygens (including phenoxy) is 2. The largest absolute Gasteiger partial charge is 0.482 e. The van der Waals surface area contributed by atoms with Crippen molar-refractivity contribution in [3.05, 3.63) is 76.4 Å². The number of pyridine rings is 1. The summed E-state index contributed by atoms with van der Waals surface area (Å²) in [5.74, 6) is -2.87. The second kappa shape index (κ2) is 9.56. The summed E-state index contributed by atoms with van der Waals surface area (Å²) in [6.45, 7) is 0.853. The van der Waals surface area contributed by atoms with Crippen molar-refractivity contribution in [2.45, 2.75) is 24.6 Å². The normalized spacial score (nSPS) is 15.9. The van der Waals surface area contributed by atoms with E-state index >= 15 is 0 Å². The fourth-order valence-electron chi connectivity index (χ4n) is 4.01. The van der Waals surface area contributed by atoms with E-state index in [-0.39, 0.29) is 51.7 Å². The molecular weight excluding hydrogens is 517 g/mol. The van der Waals surface area contributed by atoms with Crippen molar-refractivity contribution in [2.75, 3.05) is 18.6 Å². The predicted octanol–water partition coefficient (Wildman–Crippen LogP) is 5.13. The molecule has 12 heteroatoms. The molecule has 2 heterocycles. The van der Waals surface area contributed by atoms with Gasteiger partial charge in [-0.2, -0.15) is 13.2 Å². The summed E-state index contributed by atoms with van der Waals surface area (Å²) >= 11 is 6.33. The number of alkyl halides is 3. The average Bonchev–Trinajstić information content (AvgIpc) is 2.85. The van der Waals surface area contributed by atoms with E-state index < -0.39 is 29.2 Å². The number of anilines is 1. The number of nitrogens with zero attached hydrogens (tertiary/aromatic N) is 2. The van der Waals surface area contributed by atoms with E-state index in [2.05, 4.69) is 4.98 Å². The lowest BCUT2D eigenvalue weighted by atomic mass is 9.77. The van der Waals surface area contributed by atoms with Crippen LogP contribution in [0.3, 0.4) is 0 Å². The molecule has 1 aliphatic heterocycles. The maximum absolute atomic E-state index is 14.4. The van der Waals surface area contributed by atoms with Crippen molar-refractivity contribution in [1.29, 1.82) is 0 Å². The summed E-state index contributed by atoms with van der Waals surface area (Å²) in [4.78, 5) is 27.9. The number of carbonyl (C=O) groups excluding carboxylic acids is 1. The fraction of sp³-hybridized carbons (Fsp3) is 0.240. The van der Waals surface area contributed by atoms with Crippen molar-refractivity contribution in [1.82, 2.24) is 4.98 Å². The van der Waals surface area contributed by atoms with Crippen molar-refractivity contribution in [2.24, 2.45) is 0 Å². The zero-order chi connectivity index (χ0) is 27.1. The van der Waals surface area contributed by atoms with Gasteiger partial charge in [-0.25, -0.2) is 9.78 Å². The first kappa shape index (κ1) is 26.2. The van der Waals surface area contributed by atoms with Crippen LogP contribution in [0, 0.1) is 0 Å². The number of halogens is 4. The summed E-state index contributed by atoms with van der Waals surface area (Å²) in [6.07, 6.45) is -4.01. The van der Waals surface area contributed by atoms with E-state index in [0.29, 0.717) is 0 Å². The Bertz CT molecular complexity index is 1370. The van der Waals surface area contributed by atoms with E-state index in [1.165, 1.54) is 55.3 Å². The third-order valence-corrected chi connectivity index (χ3v) is 6.52. The molecule has 194 valence electrons. The highest BCUT2D eigenvalue weighted by atomic mass is 35.5. The first-order valence-electron chi connectivity index (χ1n) is 10.8. The summed E-state index contributed by atoms with van der Waals surface area (Å²) in [5.41, 5.74) is -3.61. The van der Waals surface area contributed by atoms with Gasteiger partial charge in [-0.15, -0.1) is 0 Å². The van der Waals surface area contributed by atoms with Crippen LogP contribution in [0.5, 0.6) is 17.4 Å². The van der Waals surface area contributed by atoms with Gasteiger partial charge in [0.1, 0.15) is 11.5 Å². The molecule has 2 unspecified atom stereocenters. The number of fused-ring (bicyclic) bond motifs is 1. The van der Waals surface area contributed by atoms with Gasteiger partial charge in [-0.05, 0) is 41.5 Å². The number of rotatable bonds is 6. The number of hydrogen-bond acceptors (Lipinski definition) is 6. The maximum Gasteiger partial charge on any atom is 0.422 e. The van der Waals surface area contributed by atoms with Crippen LogP contribution < -0.4 is 14.4 Å². The average molecular weight is 537 g/mol. The summed E-state index contributed by atoms with van der Waals surface area (Å²) in [5, 5.41) is 20.0.